The molecule has 0 atom stereocenters. The second kappa shape index (κ2) is 3.92. The van der Waals surface area contributed by atoms with Gasteiger partial charge in [0.05, 0.1) is 15.7 Å². The largest absolute Gasteiger partial charge is 0.504 e. The predicted molar refractivity (Wildman–Crippen MR) is 64.0 cm³/mol. The molecule has 7 heteroatoms. The Kier molecular flexibility index (Phi) is 2.70. The van der Waals surface area contributed by atoms with Crippen LogP contribution in [0.3, 0.4) is 0 Å². The number of anilines is 1. The van der Waals surface area contributed by atoms with Crippen LogP contribution in [0.1, 0.15) is 0 Å². The number of aromatic hydroxyl groups is 2. The monoisotopic (exact) mass is 301 g/mol. The molecule has 0 unspecified atom stereocenters. The van der Waals surface area contributed by atoms with Gasteiger partial charge in [0.25, 0.3) is 0 Å². The van der Waals surface area contributed by atoms with E-state index in [4.69, 9.17) is 5.73 Å². The third-order valence-electron chi connectivity index (χ3n) is 2.34. The van der Waals surface area contributed by atoms with Crippen molar-refractivity contribution < 1.29 is 14.6 Å². The molecule has 1 aromatic carbocycles. The van der Waals surface area contributed by atoms with Gasteiger partial charge in [-0.05, 0) is 15.9 Å². The molecule has 4 N–H and O–H groups in total. The molecule has 0 saturated carbocycles. The Labute approximate surface area is 104 Å². The molecule has 2 aromatic rings. The topological polar surface area (TPSA) is 84.3 Å². The van der Waals surface area contributed by atoms with Crippen molar-refractivity contribution >= 4 is 21.7 Å². The highest BCUT2D eigenvalue weighted by Crippen LogP contribution is 2.42. The predicted octanol–water partition coefficient (Wildman–Crippen LogP) is 1.98. The first-order chi connectivity index (χ1) is 7.91. The molecule has 0 saturated heterocycles. The SMILES string of the molecule is Cn1nc(-c2c(F)cc(O)c(O)c2Br)cc1N. The molecule has 90 valence electrons. The van der Waals surface area contributed by atoms with E-state index in [0.717, 1.165) is 6.07 Å². The molecule has 0 amide bonds. The maximum absolute atomic E-state index is 13.7. The van der Waals surface area contributed by atoms with Gasteiger partial charge in [-0.1, -0.05) is 0 Å². The lowest BCUT2D eigenvalue weighted by atomic mass is 10.1. The Morgan fingerprint density at radius 1 is 1.41 bits per heavy atom. The second-order valence-corrected chi connectivity index (χ2v) is 4.29. The first-order valence-corrected chi connectivity index (χ1v) is 5.41. The van der Waals surface area contributed by atoms with E-state index >= 15 is 0 Å². The van der Waals surface area contributed by atoms with Gasteiger partial charge >= 0.3 is 0 Å². The van der Waals surface area contributed by atoms with Crippen LogP contribution in [0.25, 0.3) is 11.3 Å². The molecular formula is C10H9BrFN3O2. The summed E-state index contributed by atoms with van der Waals surface area (Å²) in [5.41, 5.74) is 5.91. The van der Waals surface area contributed by atoms with Gasteiger partial charge in [0, 0.05) is 19.2 Å². The number of phenolic OH excluding ortho intramolecular Hbond substituents is 2. The molecule has 0 spiro atoms. The number of aromatic nitrogens is 2. The highest BCUT2D eigenvalue weighted by atomic mass is 79.9. The maximum Gasteiger partial charge on any atom is 0.172 e. The third kappa shape index (κ3) is 1.82. The van der Waals surface area contributed by atoms with E-state index in [0.29, 0.717) is 5.82 Å². The number of hydrogen-bond acceptors (Lipinski definition) is 4. The number of aryl methyl sites for hydroxylation is 1. The van der Waals surface area contributed by atoms with E-state index in [-0.39, 0.29) is 15.7 Å². The quantitative estimate of drug-likeness (QED) is 0.703. The van der Waals surface area contributed by atoms with E-state index < -0.39 is 17.3 Å². The minimum Gasteiger partial charge on any atom is -0.504 e. The van der Waals surface area contributed by atoms with Crippen LogP contribution in [-0.4, -0.2) is 20.0 Å². The van der Waals surface area contributed by atoms with Crippen molar-refractivity contribution in [2.75, 3.05) is 5.73 Å². The molecule has 0 bridgehead atoms. The van der Waals surface area contributed by atoms with Crippen LogP contribution < -0.4 is 5.73 Å². The number of hydrogen-bond donors (Lipinski definition) is 3. The molecule has 0 aliphatic carbocycles. The van der Waals surface area contributed by atoms with E-state index in [2.05, 4.69) is 21.0 Å². The van der Waals surface area contributed by atoms with Crippen molar-refractivity contribution in [1.82, 2.24) is 9.78 Å². The Morgan fingerprint density at radius 2 is 2.06 bits per heavy atom. The van der Waals surface area contributed by atoms with Gasteiger partial charge in [-0.3, -0.25) is 4.68 Å². The fourth-order valence-corrected chi connectivity index (χ4v) is 2.03. The van der Waals surface area contributed by atoms with E-state index in [1.807, 2.05) is 0 Å². The molecule has 0 aliphatic rings. The van der Waals surface area contributed by atoms with Crippen LogP contribution in [0.2, 0.25) is 0 Å². The zero-order valence-corrected chi connectivity index (χ0v) is 10.4. The molecule has 17 heavy (non-hydrogen) atoms. The van der Waals surface area contributed by atoms with E-state index in [1.54, 1.807) is 7.05 Å². The van der Waals surface area contributed by atoms with Crippen LogP contribution >= 0.6 is 15.9 Å². The molecule has 1 heterocycles. The fraction of sp³-hybridized carbons (Fsp3) is 0.100. The first-order valence-electron chi connectivity index (χ1n) is 4.61. The van der Waals surface area contributed by atoms with Gasteiger partial charge in [0.15, 0.2) is 11.5 Å². The summed E-state index contributed by atoms with van der Waals surface area (Å²) in [5, 5.41) is 22.8. The van der Waals surface area contributed by atoms with Gasteiger partial charge in [-0.2, -0.15) is 5.10 Å². The Morgan fingerprint density at radius 3 is 2.59 bits per heavy atom. The highest BCUT2D eigenvalue weighted by Gasteiger charge is 2.19. The summed E-state index contributed by atoms with van der Waals surface area (Å²) in [6.07, 6.45) is 0. The zero-order chi connectivity index (χ0) is 12.7. The summed E-state index contributed by atoms with van der Waals surface area (Å²) in [7, 11) is 1.62. The highest BCUT2D eigenvalue weighted by molar-refractivity contribution is 9.10. The average Bonchev–Trinajstić information content (AvgIpc) is 2.56. The number of phenols is 2. The standard InChI is InChI=1S/C10H9BrFN3O2/c1-15-7(13)3-5(14-15)8-4(12)2-6(16)10(17)9(8)11/h2-3,16-17H,13H2,1H3. The van der Waals surface area contributed by atoms with Crippen molar-refractivity contribution in [2.24, 2.45) is 7.05 Å². The van der Waals surface area contributed by atoms with Crippen molar-refractivity contribution in [3.05, 3.63) is 22.4 Å². The normalized spacial score (nSPS) is 10.8. The van der Waals surface area contributed by atoms with Gasteiger partial charge < -0.3 is 15.9 Å². The number of benzene rings is 1. The average molecular weight is 302 g/mol. The van der Waals surface area contributed by atoms with Crippen LogP contribution in [0.15, 0.2) is 16.6 Å². The Hall–Kier alpha value is -1.76. The molecule has 0 aliphatic heterocycles. The number of nitrogen functional groups attached to an aromatic ring is 1. The molecule has 2 rings (SSSR count). The van der Waals surface area contributed by atoms with Crippen molar-refractivity contribution in [3.63, 3.8) is 0 Å². The molecule has 0 fully saturated rings. The van der Waals surface area contributed by atoms with E-state index in [9.17, 15) is 14.6 Å². The molecule has 5 nitrogen and oxygen atoms in total. The summed E-state index contributed by atoms with van der Waals surface area (Å²) in [5.74, 6) is -1.32. The molecule has 0 radical (unpaired) electrons. The van der Waals surface area contributed by atoms with Gasteiger partial charge in [0.2, 0.25) is 0 Å². The van der Waals surface area contributed by atoms with Gasteiger partial charge in [-0.15, -0.1) is 0 Å². The number of halogens is 2. The first kappa shape index (κ1) is 11.7. The zero-order valence-electron chi connectivity index (χ0n) is 8.78. The minimum absolute atomic E-state index is 0.0353. The lowest BCUT2D eigenvalue weighted by Crippen LogP contribution is -1.97. The summed E-state index contributed by atoms with van der Waals surface area (Å²) in [6, 6.07) is 2.29. The van der Waals surface area contributed by atoms with Crippen molar-refractivity contribution in [1.29, 1.82) is 0 Å². The second-order valence-electron chi connectivity index (χ2n) is 3.49. The van der Waals surface area contributed by atoms with E-state index in [1.165, 1.54) is 10.7 Å². The Bertz CT molecular complexity index is 578. The van der Waals surface area contributed by atoms with Crippen LogP contribution in [0.5, 0.6) is 11.5 Å². The third-order valence-corrected chi connectivity index (χ3v) is 3.12. The molecular weight excluding hydrogens is 293 g/mol. The summed E-state index contributed by atoms with van der Waals surface area (Å²) in [6.45, 7) is 0. The number of nitrogens with two attached hydrogens (primary N) is 1. The fourth-order valence-electron chi connectivity index (χ4n) is 1.43. The lowest BCUT2D eigenvalue weighted by Gasteiger charge is -2.06. The van der Waals surface area contributed by atoms with Gasteiger partial charge in [0.1, 0.15) is 11.6 Å². The Balaban J connectivity index is 2.71. The maximum atomic E-state index is 13.7. The molecule has 1 aromatic heterocycles. The smallest absolute Gasteiger partial charge is 0.172 e. The summed E-state index contributed by atoms with van der Waals surface area (Å²) in [4.78, 5) is 0. The van der Waals surface area contributed by atoms with Gasteiger partial charge in [-0.25, -0.2) is 4.39 Å². The van der Waals surface area contributed by atoms with Crippen molar-refractivity contribution in [2.45, 2.75) is 0 Å². The van der Waals surface area contributed by atoms with Crippen LogP contribution in [-0.2, 0) is 7.05 Å². The number of nitrogens with zero attached hydrogens (tertiary/aromatic N) is 2. The summed E-state index contributed by atoms with van der Waals surface area (Å²) < 4.78 is 15.1. The minimum atomic E-state index is -0.703. The number of rotatable bonds is 1. The van der Waals surface area contributed by atoms with Crippen LogP contribution in [0.4, 0.5) is 10.2 Å². The lowest BCUT2D eigenvalue weighted by molar-refractivity contribution is 0.398. The van der Waals surface area contributed by atoms with Crippen molar-refractivity contribution in [3.8, 4) is 22.8 Å². The summed E-state index contributed by atoms with van der Waals surface area (Å²) >= 11 is 3.01. The van der Waals surface area contributed by atoms with Crippen LogP contribution in [0, 0.1) is 5.82 Å².